The highest BCUT2D eigenvalue weighted by molar-refractivity contribution is 7.12. The molecule has 3 rings (SSSR count). The van der Waals surface area contributed by atoms with Crippen LogP contribution in [0.1, 0.15) is 67.1 Å². The molecule has 0 aromatic carbocycles. The minimum atomic E-state index is 0.328. The molecule has 2 atom stereocenters. The summed E-state index contributed by atoms with van der Waals surface area (Å²) < 4.78 is 2.10. The summed E-state index contributed by atoms with van der Waals surface area (Å²) in [5.41, 5.74) is 0. The first kappa shape index (κ1) is 14.7. The first-order valence-corrected chi connectivity index (χ1v) is 8.81. The molecule has 0 aliphatic carbocycles. The van der Waals surface area contributed by atoms with Crippen molar-refractivity contribution >= 4 is 11.3 Å². The molecule has 0 saturated carbocycles. The quantitative estimate of drug-likeness (QED) is 0.917. The summed E-state index contributed by atoms with van der Waals surface area (Å²) in [5, 5.41) is 8.34. The second-order valence-electron chi connectivity index (χ2n) is 5.70. The van der Waals surface area contributed by atoms with E-state index in [0.29, 0.717) is 12.1 Å². The van der Waals surface area contributed by atoms with Crippen molar-refractivity contribution in [2.45, 2.75) is 65.1 Å². The fourth-order valence-electron chi connectivity index (χ4n) is 2.91. The molecule has 0 spiro atoms. The van der Waals surface area contributed by atoms with Crippen molar-refractivity contribution in [1.29, 1.82) is 0 Å². The largest absolute Gasteiger partial charge is 0.300 e. The van der Waals surface area contributed by atoms with Crippen LogP contribution in [0.5, 0.6) is 0 Å². The Morgan fingerprint density at radius 1 is 1.38 bits per heavy atom. The predicted octanol–water partition coefficient (Wildman–Crippen LogP) is 3.65. The van der Waals surface area contributed by atoms with Crippen molar-refractivity contribution in [3.63, 3.8) is 0 Å². The van der Waals surface area contributed by atoms with Crippen LogP contribution in [-0.4, -0.2) is 14.8 Å². The summed E-state index contributed by atoms with van der Waals surface area (Å²) in [6.45, 7) is 7.59. The lowest BCUT2D eigenvalue weighted by atomic mass is 10.1. The monoisotopic (exact) mass is 304 g/mol. The van der Waals surface area contributed by atoms with E-state index >= 15 is 0 Å². The molecule has 4 nitrogen and oxygen atoms in total. The zero-order valence-electron chi connectivity index (χ0n) is 13.1. The Bertz CT molecular complexity index is 601. The van der Waals surface area contributed by atoms with E-state index in [-0.39, 0.29) is 0 Å². The second kappa shape index (κ2) is 6.28. The van der Waals surface area contributed by atoms with Crippen LogP contribution in [-0.2, 0) is 19.4 Å². The Morgan fingerprint density at radius 3 is 2.95 bits per heavy atom. The van der Waals surface area contributed by atoms with Crippen LogP contribution in [0.3, 0.4) is 0 Å². The zero-order valence-corrected chi connectivity index (χ0v) is 13.9. The molecular weight excluding hydrogens is 280 g/mol. The van der Waals surface area contributed by atoms with E-state index in [1.54, 1.807) is 0 Å². The van der Waals surface area contributed by atoms with Gasteiger partial charge in [0.2, 0.25) is 0 Å². The van der Waals surface area contributed by atoms with Gasteiger partial charge in [-0.1, -0.05) is 13.8 Å². The lowest BCUT2D eigenvalue weighted by Crippen LogP contribution is -2.30. The van der Waals surface area contributed by atoms with Gasteiger partial charge in [-0.15, -0.1) is 11.3 Å². The van der Waals surface area contributed by atoms with E-state index in [9.17, 15) is 0 Å². The molecule has 1 aliphatic rings. The molecule has 1 aliphatic heterocycles. The van der Waals surface area contributed by atoms with Gasteiger partial charge in [0.1, 0.15) is 5.82 Å². The van der Waals surface area contributed by atoms with Gasteiger partial charge in [-0.3, -0.25) is 5.32 Å². The number of fused-ring (bicyclic) bond motifs is 1. The standard InChI is InChI=1S/C16H24N4S/c1-4-12-8-9-14(21-12)11(3)17-13-7-6-10-20-16(13)18-15(5-2)19-20/h8-9,11,13,17H,4-7,10H2,1-3H3/t11-,13+/m0/s1. The molecule has 0 unspecified atom stereocenters. The fourth-order valence-corrected chi connectivity index (χ4v) is 3.87. The zero-order chi connectivity index (χ0) is 14.8. The van der Waals surface area contributed by atoms with Gasteiger partial charge >= 0.3 is 0 Å². The smallest absolute Gasteiger partial charge is 0.150 e. The van der Waals surface area contributed by atoms with Gasteiger partial charge in [0.05, 0.1) is 6.04 Å². The fraction of sp³-hybridized carbons (Fsp3) is 0.625. The molecule has 3 heterocycles. The first-order valence-electron chi connectivity index (χ1n) is 7.99. The third-order valence-corrected chi connectivity index (χ3v) is 5.56. The van der Waals surface area contributed by atoms with Crippen LogP contribution in [0, 0.1) is 0 Å². The van der Waals surface area contributed by atoms with E-state index in [4.69, 9.17) is 4.98 Å². The molecule has 0 fully saturated rings. The molecule has 0 saturated heterocycles. The molecule has 21 heavy (non-hydrogen) atoms. The Morgan fingerprint density at radius 2 is 2.24 bits per heavy atom. The highest BCUT2D eigenvalue weighted by Crippen LogP contribution is 2.29. The molecule has 5 heteroatoms. The number of nitrogens with zero attached hydrogens (tertiary/aromatic N) is 3. The highest BCUT2D eigenvalue weighted by Gasteiger charge is 2.25. The van der Waals surface area contributed by atoms with Gasteiger partial charge in [-0.2, -0.15) is 5.10 Å². The lowest BCUT2D eigenvalue weighted by molar-refractivity contribution is 0.345. The normalized spacial score (nSPS) is 19.5. The number of aromatic nitrogens is 3. The van der Waals surface area contributed by atoms with Gasteiger partial charge < -0.3 is 0 Å². The average Bonchev–Trinajstić information content (AvgIpc) is 3.14. The van der Waals surface area contributed by atoms with Crippen LogP contribution in [0.15, 0.2) is 12.1 Å². The van der Waals surface area contributed by atoms with E-state index in [1.165, 1.54) is 16.2 Å². The molecule has 1 N–H and O–H groups in total. The van der Waals surface area contributed by atoms with E-state index in [2.05, 4.69) is 48.0 Å². The van der Waals surface area contributed by atoms with Crippen molar-refractivity contribution in [2.24, 2.45) is 0 Å². The van der Waals surface area contributed by atoms with Crippen LogP contribution >= 0.6 is 11.3 Å². The SMILES string of the molecule is CCc1nc2n(n1)CCC[C@H]2N[C@@H](C)c1ccc(CC)s1. The van der Waals surface area contributed by atoms with Crippen molar-refractivity contribution in [1.82, 2.24) is 20.1 Å². The van der Waals surface area contributed by atoms with Crippen LogP contribution in [0.2, 0.25) is 0 Å². The van der Waals surface area contributed by atoms with Crippen molar-refractivity contribution in [3.8, 4) is 0 Å². The first-order chi connectivity index (χ1) is 10.2. The maximum Gasteiger partial charge on any atom is 0.150 e. The van der Waals surface area contributed by atoms with Crippen molar-refractivity contribution in [2.75, 3.05) is 0 Å². The molecule has 0 radical (unpaired) electrons. The lowest BCUT2D eigenvalue weighted by Gasteiger charge is -2.26. The number of rotatable bonds is 5. The minimum absolute atomic E-state index is 0.328. The maximum atomic E-state index is 4.71. The minimum Gasteiger partial charge on any atom is -0.300 e. The molecule has 0 bridgehead atoms. The van der Waals surface area contributed by atoms with Gasteiger partial charge in [0.15, 0.2) is 5.82 Å². The summed E-state index contributed by atoms with van der Waals surface area (Å²) in [7, 11) is 0. The van der Waals surface area contributed by atoms with E-state index in [0.717, 1.165) is 37.5 Å². The van der Waals surface area contributed by atoms with Crippen LogP contribution in [0.4, 0.5) is 0 Å². The van der Waals surface area contributed by atoms with Gasteiger partial charge in [0.25, 0.3) is 0 Å². The Kier molecular flexibility index (Phi) is 4.40. The Labute approximate surface area is 130 Å². The van der Waals surface area contributed by atoms with Gasteiger partial charge in [-0.25, -0.2) is 9.67 Å². The second-order valence-corrected chi connectivity index (χ2v) is 6.90. The molecule has 114 valence electrons. The average molecular weight is 304 g/mol. The molecular formula is C16H24N4S. The van der Waals surface area contributed by atoms with Crippen LogP contribution in [0.25, 0.3) is 0 Å². The highest BCUT2D eigenvalue weighted by atomic mass is 32.1. The number of nitrogens with one attached hydrogen (secondary N) is 1. The summed E-state index contributed by atoms with van der Waals surface area (Å²) in [5.74, 6) is 2.09. The number of aryl methyl sites for hydroxylation is 3. The molecule has 2 aromatic heterocycles. The van der Waals surface area contributed by atoms with Crippen molar-refractivity contribution < 1.29 is 0 Å². The number of hydrogen-bond acceptors (Lipinski definition) is 4. The van der Waals surface area contributed by atoms with Gasteiger partial charge in [-0.05, 0) is 38.3 Å². The summed E-state index contributed by atoms with van der Waals surface area (Å²) >= 11 is 1.92. The number of hydrogen-bond donors (Lipinski definition) is 1. The van der Waals surface area contributed by atoms with Crippen LogP contribution < -0.4 is 5.32 Å². The van der Waals surface area contributed by atoms with E-state index < -0.39 is 0 Å². The summed E-state index contributed by atoms with van der Waals surface area (Å²) in [6, 6.07) is 5.20. The number of thiophene rings is 1. The molecule has 2 aromatic rings. The van der Waals surface area contributed by atoms with Gasteiger partial charge in [0, 0.05) is 28.8 Å². The Balaban J connectivity index is 1.75. The topological polar surface area (TPSA) is 42.7 Å². The summed E-state index contributed by atoms with van der Waals surface area (Å²) in [6.07, 6.45) is 4.36. The predicted molar refractivity (Wildman–Crippen MR) is 86.6 cm³/mol. The third-order valence-electron chi connectivity index (χ3n) is 4.14. The van der Waals surface area contributed by atoms with Crippen molar-refractivity contribution in [3.05, 3.63) is 33.5 Å². The maximum absolute atomic E-state index is 4.71. The Hall–Kier alpha value is -1.20. The van der Waals surface area contributed by atoms with E-state index in [1.807, 2.05) is 11.3 Å². The summed E-state index contributed by atoms with van der Waals surface area (Å²) in [4.78, 5) is 7.58. The molecule has 0 amide bonds. The third kappa shape index (κ3) is 3.04.